The van der Waals surface area contributed by atoms with Crippen LogP contribution in [0.25, 0.3) is 0 Å². The molecule has 1 heterocycles. The van der Waals surface area contributed by atoms with Gasteiger partial charge in [0.15, 0.2) is 0 Å². The highest BCUT2D eigenvalue weighted by molar-refractivity contribution is 4.63. The minimum absolute atomic E-state index is 1.36. The van der Waals surface area contributed by atoms with Gasteiger partial charge in [0.25, 0.3) is 0 Å². The van der Waals surface area contributed by atoms with Gasteiger partial charge in [0.2, 0.25) is 0 Å². The quantitative estimate of drug-likeness (QED) is 0.604. The zero-order chi connectivity index (χ0) is 9.94. The summed E-state index contributed by atoms with van der Waals surface area (Å²) in [6, 6.07) is 0. The van der Waals surface area contributed by atoms with Gasteiger partial charge >= 0.3 is 0 Å². The van der Waals surface area contributed by atoms with Crippen molar-refractivity contribution >= 4 is 0 Å². The van der Waals surface area contributed by atoms with Gasteiger partial charge in [0, 0.05) is 0 Å². The summed E-state index contributed by atoms with van der Waals surface area (Å²) >= 11 is 0. The fourth-order valence-corrected chi connectivity index (χ4v) is 1.77. The van der Waals surface area contributed by atoms with Crippen molar-refractivity contribution < 1.29 is 0 Å². The summed E-state index contributed by atoms with van der Waals surface area (Å²) < 4.78 is 0. The molecule has 0 aromatic rings. The van der Waals surface area contributed by atoms with Crippen LogP contribution in [0, 0.1) is 0 Å². The topological polar surface area (TPSA) is 3.24 Å². The van der Waals surface area contributed by atoms with Crippen molar-refractivity contribution in [3.05, 3.63) is 0 Å². The molecule has 0 unspecified atom stereocenters. The normalized spacial score (nSPS) is 17.8. The number of nitrogens with zero attached hydrogens (tertiary/aromatic N) is 1. The van der Waals surface area contributed by atoms with Crippen molar-refractivity contribution in [2.75, 3.05) is 19.6 Å². The number of likely N-dealkylation sites (tertiary alicyclic amines) is 1. The molecule has 0 radical (unpaired) electrons. The van der Waals surface area contributed by atoms with E-state index < -0.39 is 0 Å². The van der Waals surface area contributed by atoms with Crippen molar-refractivity contribution in [3.8, 4) is 0 Å². The highest BCUT2D eigenvalue weighted by Gasteiger charge is 2.08. The highest BCUT2D eigenvalue weighted by atomic mass is 15.1. The second-order valence-corrected chi connectivity index (χ2v) is 3.61. The number of piperidine rings is 1. The van der Waals surface area contributed by atoms with Crippen LogP contribution in [-0.2, 0) is 0 Å². The zero-order valence-electron chi connectivity index (χ0n) is 9.81. The molecule has 1 nitrogen and oxygen atoms in total. The Kier molecular flexibility index (Phi) is 10.0. The molecule has 0 amide bonds. The lowest BCUT2D eigenvalue weighted by atomic mass is 10.1. The van der Waals surface area contributed by atoms with Crippen LogP contribution in [0.3, 0.4) is 0 Å². The Morgan fingerprint density at radius 2 is 1.54 bits per heavy atom. The molecule has 1 aliphatic rings. The fraction of sp³-hybridized carbons (Fsp3) is 1.00. The van der Waals surface area contributed by atoms with E-state index in [1.54, 1.807) is 0 Å². The number of hydrogen-bond acceptors (Lipinski definition) is 1. The predicted molar refractivity (Wildman–Crippen MR) is 61.2 cm³/mol. The molecule has 13 heavy (non-hydrogen) atoms. The van der Waals surface area contributed by atoms with E-state index in [0.29, 0.717) is 0 Å². The summed E-state index contributed by atoms with van der Waals surface area (Å²) in [7, 11) is 0. The lowest BCUT2D eigenvalue weighted by Gasteiger charge is -2.26. The van der Waals surface area contributed by atoms with Crippen LogP contribution in [0.5, 0.6) is 0 Å². The van der Waals surface area contributed by atoms with Crippen molar-refractivity contribution in [1.29, 1.82) is 0 Å². The average Bonchev–Trinajstić information content (AvgIpc) is 2.23. The van der Waals surface area contributed by atoms with Crippen molar-refractivity contribution in [2.24, 2.45) is 0 Å². The summed E-state index contributed by atoms with van der Waals surface area (Å²) in [4.78, 5) is 2.62. The smallest absolute Gasteiger partial charge is 0.00187 e. The summed E-state index contributed by atoms with van der Waals surface area (Å²) in [6.45, 7) is 10.4. The maximum Gasteiger partial charge on any atom is -0.00187 e. The second kappa shape index (κ2) is 10.0. The molecule has 0 aromatic heterocycles. The Morgan fingerprint density at radius 3 is 2.08 bits per heavy atom. The third-order valence-corrected chi connectivity index (χ3v) is 2.53. The molecular weight excluding hydrogens is 158 g/mol. The van der Waals surface area contributed by atoms with Crippen LogP contribution in [0.15, 0.2) is 0 Å². The van der Waals surface area contributed by atoms with E-state index in [0.717, 1.165) is 0 Å². The summed E-state index contributed by atoms with van der Waals surface area (Å²) in [5.41, 5.74) is 0. The molecule has 1 fully saturated rings. The standard InChI is InChI=1S/C10H21N.C2H6/c1-2-3-5-8-11-9-6-4-7-10-11;1-2/h2-10H2,1H3;1-2H3. The van der Waals surface area contributed by atoms with Crippen LogP contribution >= 0.6 is 0 Å². The fourth-order valence-electron chi connectivity index (χ4n) is 1.77. The number of unbranched alkanes of at least 4 members (excludes halogenated alkanes) is 2. The van der Waals surface area contributed by atoms with Crippen molar-refractivity contribution in [3.63, 3.8) is 0 Å². The molecule has 1 rings (SSSR count). The van der Waals surface area contributed by atoms with Crippen LogP contribution < -0.4 is 0 Å². The van der Waals surface area contributed by atoms with Gasteiger partial charge in [-0.15, -0.1) is 0 Å². The van der Waals surface area contributed by atoms with Crippen LogP contribution in [0.4, 0.5) is 0 Å². The SMILES string of the molecule is CC.CCCCCN1CCCCC1. The molecule has 0 N–H and O–H groups in total. The lowest BCUT2D eigenvalue weighted by molar-refractivity contribution is 0.224. The lowest BCUT2D eigenvalue weighted by Crippen LogP contribution is -2.30. The van der Waals surface area contributed by atoms with E-state index in [4.69, 9.17) is 0 Å². The summed E-state index contributed by atoms with van der Waals surface area (Å²) in [5.74, 6) is 0. The largest absolute Gasteiger partial charge is 0.303 e. The van der Waals surface area contributed by atoms with Gasteiger partial charge < -0.3 is 4.90 Å². The first-order chi connectivity index (χ1) is 6.43. The summed E-state index contributed by atoms with van der Waals surface area (Å²) in [5, 5.41) is 0. The number of rotatable bonds is 4. The number of hydrogen-bond donors (Lipinski definition) is 0. The third-order valence-electron chi connectivity index (χ3n) is 2.53. The van der Waals surface area contributed by atoms with Crippen LogP contribution in [0.2, 0.25) is 0 Å². The Hall–Kier alpha value is -0.0400. The Bertz CT molecular complexity index is 85.1. The van der Waals surface area contributed by atoms with Gasteiger partial charge in [0.1, 0.15) is 0 Å². The summed E-state index contributed by atoms with van der Waals surface area (Å²) in [6.07, 6.45) is 8.52. The minimum Gasteiger partial charge on any atom is -0.303 e. The van der Waals surface area contributed by atoms with E-state index in [1.807, 2.05) is 13.8 Å². The molecule has 1 aliphatic heterocycles. The first-order valence-electron chi connectivity index (χ1n) is 6.16. The molecule has 80 valence electrons. The molecule has 0 aliphatic carbocycles. The van der Waals surface area contributed by atoms with Gasteiger partial charge in [-0.3, -0.25) is 0 Å². The van der Waals surface area contributed by atoms with Crippen molar-refractivity contribution in [2.45, 2.75) is 59.3 Å². The van der Waals surface area contributed by atoms with Crippen LogP contribution in [0.1, 0.15) is 59.3 Å². The average molecular weight is 185 g/mol. The van der Waals surface area contributed by atoms with E-state index >= 15 is 0 Å². The monoisotopic (exact) mass is 185 g/mol. The second-order valence-electron chi connectivity index (χ2n) is 3.61. The molecular formula is C12H27N. The molecule has 1 saturated heterocycles. The van der Waals surface area contributed by atoms with Gasteiger partial charge in [0.05, 0.1) is 0 Å². The Labute approximate surface area is 84.5 Å². The Morgan fingerprint density at radius 1 is 0.923 bits per heavy atom. The molecule has 0 bridgehead atoms. The predicted octanol–water partition coefficient (Wildman–Crippen LogP) is 3.69. The molecule has 0 aromatic carbocycles. The third kappa shape index (κ3) is 7.06. The van der Waals surface area contributed by atoms with Gasteiger partial charge in [-0.1, -0.05) is 40.0 Å². The first kappa shape index (κ1) is 13.0. The van der Waals surface area contributed by atoms with Gasteiger partial charge in [-0.05, 0) is 38.9 Å². The van der Waals surface area contributed by atoms with E-state index in [1.165, 1.54) is 58.2 Å². The van der Waals surface area contributed by atoms with E-state index in [9.17, 15) is 0 Å². The van der Waals surface area contributed by atoms with E-state index in [2.05, 4.69) is 11.8 Å². The first-order valence-corrected chi connectivity index (χ1v) is 6.16. The highest BCUT2D eigenvalue weighted by Crippen LogP contribution is 2.09. The van der Waals surface area contributed by atoms with Crippen molar-refractivity contribution in [1.82, 2.24) is 4.90 Å². The molecule has 0 saturated carbocycles. The maximum atomic E-state index is 2.62. The maximum absolute atomic E-state index is 2.62. The van der Waals surface area contributed by atoms with Gasteiger partial charge in [-0.2, -0.15) is 0 Å². The van der Waals surface area contributed by atoms with Crippen LogP contribution in [-0.4, -0.2) is 24.5 Å². The van der Waals surface area contributed by atoms with Gasteiger partial charge in [-0.25, -0.2) is 0 Å². The minimum atomic E-state index is 1.36. The molecule has 1 heteroatoms. The van der Waals surface area contributed by atoms with E-state index in [-0.39, 0.29) is 0 Å². The molecule has 0 spiro atoms. The zero-order valence-corrected chi connectivity index (χ0v) is 9.81. The Balaban J connectivity index is 0.000000671. The molecule has 0 atom stereocenters.